The molecule has 1 aromatic heterocycles. The molecular formula is C6H6NNaO2S. The van der Waals surface area contributed by atoms with Crippen LogP contribution in [0.4, 0.5) is 0 Å². The van der Waals surface area contributed by atoms with Crippen molar-refractivity contribution in [2.45, 2.75) is 11.8 Å². The van der Waals surface area contributed by atoms with Crippen molar-refractivity contribution >= 4 is 11.1 Å². The number of nitrogens with zero attached hydrogens (tertiary/aromatic N) is 1. The topological polar surface area (TPSA) is 53.0 Å². The second kappa shape index (κ2) is 5.00. The third-order valence-corrected chi connectivity index (χ3v) is 1.97. The van der Waals surface area contributed by atoms with Gasteiger partial charge in [-0.15, -0.1) is 0 Å². The minimum absolute atomic E-state index is 0. The number of hydrogen-bond donors (Lipinski definition) is 0. The van der Waals surface area contributed by atoms with Gasteiger partial charge in [0.15, 0.2) is 0 Å². The summed E-state index contributed by atoms with van der Waals surface area (Å²) in [5.41, 5.74) is 0.677. The Balaban J connectivity index is 0.000001000. The van der Waals surface area contributed by atoms with E-state index in [4.69, 9.17) is 0 Å². The van der Waals surface area contributed by atoms with Gasteiger partial charge in [0, 0.05) is 17.3 Å². The van der Waals surface area contributed by atoms with Crippen LogP contribution in [-0.2, 0) is 11.1 Å². The summed E-state index contributed by atoms with van der Waals surface area (Å²) >= 11 is -2.13. The monoisotopic (exact) mass is 179 g/mol. The summed E-state index contributed by atoms with van der Waals surface area (Å²) < 4.78 is 20.8. The molecule has 3 nitrogen and oxygen atoms in total. The second-order valence-electron chi connectivity index (χ2n) is 1.88. The van der Waals surface area contributed by atoms with Gasteiger partial charge in [-0.3, -0.25) is 9.19 Å². The molecule has 1 unspecified atom stereocenters. The summed E-state index contributed by atoms with van der Waals surface area (Å²) in [4.78, 5) is 4.07. The fraction of sp³-hybridized carbons (Fsp3) is 0.167. The maximum absolute atomic E-state index is 10.4. The van der Waals surface area contributed by atoms with Crippen LogP contribution < -0.4 is 29.6 Å². The molecule has 0 radical (unpaired) electrons. The van der Waals surface area contributed by atoms with Crippen LogP contribution in [0, 0.1) is 6.92 Å². The van der Waals surface area contributed by atoms with Crippen molar-refractivity contribution < 1.29 is 38.3 Å². The van der Waals surface area contributed by atoms with E-state index in [1.54, 1.807) is 6.92 Å². The Hall–Kier alpha value is 0.260. The Morgan fingerprint density at radius 1 is 1.64 bits per heavy atom. The quantitative estimate of drug-likeness (QED) is 0.358. The van der Waals surface area contributed by atoms with E-state index < -0.39 is 11.1 Å². The molecule has 0 aliphatic carbocycles. The number of pyridine rings is 1. The standard InChI is InChI=1S/C6H7NO2S.Na/c1-5-4-7-3-2-6(5)10(8)9;/h2-4H,1H3,(H,8,9);/q;+1/p-1. The largest absolute Gasteiger partial charge is 1.00 e. The molecule has 0 bridgehead atoms. The Morgan fingerprint density at radius 3 is 2.64 bits per heavy atom. The van der Waals surface area contributed by atoms with Gasteiger partial charge in [0.2, 0.25) is 0 Å². The maximum atomic E-state index is 10.4. The Labute approximate surface area is 89.8 Å². The zero-order valence-electron chi connectivity index (χ0n) is 6.40. The van der Waals surface area contributed by atoms with Crippen LogP contribution in [0.5, 0.6) is 0 Å². The fourth-order valence-electron chi connectivity index (χ4n) is 0.648. The van der Waals surface area contributed by atoms with E-state index in [9.17, 15) is 8.76 Å². The number of aryl methyl sites for hydroxylation is 1. The Morgan fingerprint density at radius 2 is 2.27 bits per heavy atom. The van der Waals surface area contributed by atoms with Crippen molar-refractivity contribution in [1.82, 2.24) is 4.98 Å². The third kappa shape index (κ3) is 3.01. The summed E-state index contributed by atoms with van der Waals surface area (Å²) in [6.07, 6.45) is 2.98. The van der Waals surface area contributed by atoms with Gasteiger partial charge in [-0.2, -0.15) is 0 Å². The fourth-order valence-corrected chi connectivity index (χ4v) is 1.14. The molecular weight excluding hydrogens is 173 g/mol. The molecule has 1 aromatic rings. The molecule has 0 fully saturated rings. The van der Waals surface area contributed by atoms with E-state index in [1.807, 2.05) is 0 Å². The van der Waals surface area contributed by atoms with E-state index in [-0.39, 0.29) is 29.6 Å². The first kappa shape index (κ1) is 11.3. The van der Waals surface area contributed by atoms with Crippen molar-refractivity contribution in [2.75, 3.05) is 0 Å². The molecule has 1 rings (SSSR count). The molecule has 0 aliphatic heterocycles. The van der Waals surface area contributed by atoms with Crippen LogP contribution in [0.15, 0.2) is 23.4 Å². The molecule has 5 heteroatoms. The minimum atomic E-state index is -2.13. The zero-order chi connectivity index (χ0) is 7.56. The van der Waals surface area contributed by atoms with Gasteiger partial charge in [0.05, 0.1) is 0 Å². The normalized spacial score (nSPS) is 11.8. The van der Waals surface area contributed by atoms with Crippen LogP contribution in [0.1, 0.15) is 5.56 Å². The molecule has 0 aromatic carbocycles. The van der Waals surface area contributed by atoms with E-state index in [0.29, 0.717) is 10.5 Å². The van der Waals surface area contributed by atoms with E-state index in [1.165, 1.54) is 18.5 Å². The Kier molecular flexibility index (Phi) is 5.12. The van der Waals surface area contributed by atoms with Crippen LogP contribution in [-0.4, -0.2) is 13.7 Å². The summed E-state index contributed by atoms with van der Waals surface area (Å²) in [5.74, 6) is 0. The first-order valence-corrected chi connectivity index (χ1v) is 3.79. The number of hydrogen-bond acceptors (Lipinski definition) is 3. The smallest absolute Gasteiger partial charge is 0.768 e. The van der Waals surface area contributed by atoms with Crippen molar-refractivity contribution in [2.24, 2.45) is 0 Å². The molecule has 0 saturated carbocycles. The van der Waals surface area contributed by atoms with Gasteiger partial charge in [0.1, 0.15) is 0 Å². The minimum Gasteiger partial charge on any atom is -0.768 e. The summed E-state index contributed by atoms with van der Waals surface area (Å²) in [6, 6.07) is 1.47. The van der Waals surface area contributed by atoms with Gasteiger partial charge in [-0.05, 0) is 29.6 Å². The molecule has 0 spiro atoms. The van der Waals surface area contributed by atoms with Crippen LogP contribution >= 0.6 is 0 Å². The molecule has 54 valence electrons. The molecule has 0 saturated heterocycles. The molecule has 0 amide bonds. The first-order chi connectivity index (χ1) is 4.72. The van der Waals surface area contributed by atoms with Crippen molar-refractivity contribution in [3.05, 3.63) is 24.0 Å². The summed E-state index contributed by atoms with van der Waals surface area (Å²) in [6.45, 7) is 1.71. The van der Waals surface area contributed by atoms with Crippen LogP contribution in [0.25, 0.3) is 0 Å². The van der Waals surface area contributed by atoms with Crippen molar-refractivity contribution in [3.8, 4) is 0 Å². The number of rotatable bonds is 1. The second-order valence-corrected chi connectivity index (χ2v) is 2.79. The molecule has 1 heterocycles. The van der Waals surface area contributed by atoms with Gasteiger partial charge >= 0.3 is 29.6 Å². The molecule has 0 N–H and O–H groups in total. The maximum Gasteiger partial charge on any atom is 1.00 e. The zero-order valence-corrected chi connectivity index (χ0v) is 9.22. The van der Waals surface area contributed by atoms with Gasteiger partial charge in [0.25, 0.3) is 0 Å². The molecule has 0 aliphatic rings. The van der Waals surface area contributed by atoms with Crippen molar-refractivity contribution in [1.29, 1.82) is 0 Å². The van der Waals surface area contributed by atoms with E-state index in [0.717, 1.165) is 0 Å². The summed E-state index contributed by atoms with van der Waals surface area (Å²) in [7, 11) is 0. The van der Waals surface area contributed by atoms with Crippen molar-refractivity contribution in [3.63, 3.8) is 0 Å². The number of aromatic nitrogens is 1. The van der Waals surface area contributed by atoms with Gasteiger partial charge < -0.3 is 4.55 Å². The molecule has 11 heavy (non-hydrogen) atoms. The predicted molar refractivity (Wildman–Crippen MR) is 36.2 cm³/mol. The Bertz CT molecular complexity index is 267. The summed E-state index contributed by atoms with van der Waals surface area (Å²) in [5, 5.41) is 0. The average molecular weight is 179 g/mol. The first-order valence-electron chi connectivity index (χ1n) is 2.71. The van der Waals surface area contributed by atoms with Crippen LogP contribution in [0.3, 0.4) is 0 Å². The van der Waals surface area contributed by atoms with E-state index >= 15 is 0 Å². The third-order valence-electron chi connectivity index (χ3n) is 1.15. The van der Waals surface area contributed by atoms with Crippen LogP contribution in [0.2, 0.25) is 0 Å². The SMILES string of the molecule is Cc1cnccc1S(=O)[O-].[Na+]. The van der Waals surface area contributed by atoms with Gasteiger partial charge in [-0.25, -0.2) is 0 Å². The predicted octanol–water partition coefficient (Wildman–Crippen LogP) is -2.37. The average Bonchev–Trinajstić information content (AvgIpc) is 1.88. The van der Waals surface area contributed by atoms with E-state index in [2.05, 4.69) is 4.98 Å². The molecule has 1 atom stereocenters. The van der Waals surface area contributed by atoms with Gasteiger partial charge in [-0.1, -0.05) is 0 Å².